The number of benzene rings is 1. The summed E-state index contributed by atoms with van der Waals surface area (Å²) in [7, 11) is 0. The van der Waals surface area contributed by atoms with Gasteiger partial charge in [0.2, 0.25) is 0 Å². The van der Waals surface area contributed by atoms with Gasteiger partial charge in [0, 0.05) is 6.61 Å². The molecule has 1 aromatic heterocycles. The Hall–Kier alpha value is -1.95. The van der Waals surface area contributed by atoms with Crippen LogP contribution in [0.4, 0.5) is 0 Å². The Morgan fingerprint density at radius 2 is 2.44 bits per heavy atom. The molecule has 1 unspecified atom stereocenters. The van der Waals surface area contributed by atoms with Crippen molar-refractivity contribution in [2.75, 3.05) is 6.61 Å². The fraction of sp³-hybridized carbons (Fsp3) is 0.417. The number of aromatic carboxylic acids is 1. The zero-order valence-electron chi connectivity index (χ0n) is 9.74. The first-order chi connectivity index (χ1) is 8.75. The van der Waals surface area contributed by atoms with Crippen LogP contribution in [0.5, 0.6) is 0 Å². The second-order valence-electron chi connectivity index (χ2n) is 4.39. The van der Waals surface area contributed by atoms with E-state index in [9.17, 15) is 4.79 Å². The number of fused-ring (bicyclic) bond motifs is 1. The molecule has 6 nitrogen and oxygen atoms in total. The lowest BCUT2D eigenvalue weighted by atomic mass is 10.2. The molecule has 18 heavy (non-hydrogen) atoms. The van der Waals surface area contributed by atoms with E-state index in [0.717, 1.165) is 25.0 Å². The Labute approximate surface area is 103 Å². The van der Waals surface area contributed by atoms with E-state index in [4.69, 9.17) is 9.84 Å². The first kappa shape index (κ1) is 11.2. The number of carboxylic acids is 1. The van der Waals surface area contributed by atoms with Crippen molar-refractivity contribution in [2.45, 2.75) is 25.5 Å². The Kier molecular flexibility index (Phi) is 2.71. The van der Waals surface area contributed by atoms with E-state index in [1.807, 2.05) is 6.07 Å². The third-order valence-electron chi connectivity index (χ3n) is 3.18. The molecule has 0 radical (unpaired) electrons. The lowest BCUT2D eigenvalue weighted by Crippen LogP contribution is -2.15. The van der Waals surface area contributed by atoms with Crippen molar-refractivity contribution in [2.24, 2.45) is 0 Å². The first-order valence-electron chi connectivity index (χ1n) is 5.93. The molecule has 2 heterocycles. The van der Waals surface area contributed by atoms with Crippen LogP contribution in [-0.4, -0.2) is 38.8 Å². The Morgan fingerprint density at radius 1 is 1.56 bits per heavy atom. The second kappa shape index (κ2) is 4.38. The number of rotatable bonds is 3. The van der Waals surface area contributed by atoms with E-state index in [-0.39, 0.29) is 11.7 Å². The maximum Gasteiger partial charge on any atom is 0.338 e. The van der Waals surface area contributed by atoms with Crippen LogP contribution in [0.25, 0.3) is 11.0 Å². The van der Waals surface area contributed by atoms with E-state index >= 15 is 0 Å². The predicted octanol–water partition coefficient (Wildman–Crippen LogP) is 1.31. The molecule has 0 aliphatic carbocycles. The van der Waals surface area contributed by atoms with Crippen LogP contribution >= 0.6 is 0 Å². The number of hydrogen-bond acceptors (Lipinski definition) is 4. The summed E-state index contributed by atoms with van der Waals surface area (Å²) in [6, 6.07) is 5.08. The van der Waals surface area contributed by atoms with Gasteiger partial charge in [-0.2, -0.15) is 0 Å². The van der Waals surface area contributed by atoms with Gasteiger partial charge < -0.3 is 9.84 Å². The van der Waals surface area contributed by atoms with Gasteiger partial charge in [0.1, 0.15) is 5.52 Å². The zero-order valence-corrected chi connectivity index (χ0v) is 9.74. The molecule has 6 heteroatoms. The quantitative estimate of drug-likeness (QED) is 0.884. The smallest absolute Gasteiger partial charge is 0.338 e. The van der Waals surface area contributed by atoms with Crippen LogP contribution in [0.2, 0.25) is 0 Å². The summed E-state index contributed by atoms with van der Waals surface area (Å²) < 4.78 is 7.27. The Balaban J connectivity index is 1.98. The molecule has 1 atom stereocenters. The Morgan fingerprint density at radius 3 is 3.17 bits per heavy atom. The van der Waals surface area contributed by atoms with Gasteiger partial charge in [-0.15, -0.1) is 5.10 Å². The number of hydrogen-bond donors (Lipinski definition) is 1. The molecule has 94 valence electrons. The van der Waals surface area contributed by atoms with E-state index in [1.54, 1.807) is 10.7 Å². The van der Waals surface area contributed by atoms with Gasteiger partial charge in [0.05, 0.1) is 23.7 Å². The molecule has 1 aromatic carbocycles. The minimum absolute atomic E-state index is 0.156. The highest BCUT2D eigenvalue weighted by atomic mass is 16.5. The summed E-state index contributed by atoms with van der Waals surface area (Å²) in [4.78, 5) is 11.1. The topological polar surface area (TPSA) is 77.2 Å². The standard InChI is InChI=1S/C12H13N3O3/c16-12(17)9-4-1-5-10-11(9)13-14-15(10)7-8-3-2-6-18-8/h1,4-5,8H,2-3,6-7H2,(H,16,17). The minimum Gasteiger partial charge on any atom is -0.478 e. The third-order valence-corrected chi connectivity index (χ3v) is 3.18. The number of nitrogens with zero attached hydrogens (tertiary/aromatic N) is 3. The van der Waals surface area contributed by atoms with Crippen molar-refractivity contribution < 1.29 is 14.6 Å². The van der Waals surface area contributed by atoms with Crippen molar-refractivity contribution in [3.63, 3.8) is 0 Å². The number of ether oxygens (including phenoxy) is 1. The van der Waals surface area contributed by atoms with E-state index in [1.165, 1.54) is 6.07 Å². The minimum atomic E-state index is -0.982. The summed E-state index contributed by atoms with van der Waals surface area (Å²) in [5, 5.41) is 17.1. The fourth-order valence-electron chi connectivity index (χ4n) is 2.28. The van der Waals surface area contributed by atoms with Crippen LogP contribution in [0.3, 0.4) is 0 Å². The van der Waals surface area contributed by atoms with E-state index < -0.39 is 5.97 Å². The molecule has 0 amide bonds. The summed E-state index contributed by atoms with van der Waals surface area (Å²) in [6.07, 6.45) is 2.24. The van der Waals surface area contributed by atoms with Crippen molar-refractivity contribution >= 4 is 17.0 Å². The lowest BCUT2D eigenvalue weighted by molar-refractivity contribution is 0.0699. The number of carboxylic acid groups (broad SMARTS) is 1. The van der Waals surface area contributed by atoms with Crippen LogP contribution < -0.4 is 0 Å². The highest BCUT2D eigenvalue weighted by Crippen LogP contribution is 2.19. The van der Waals surface area contributed by atoms with Crippen molar-refractivity contribution in [1.82, 2.24) is 15.0 Å². The highest BCUT2D eigenvalue weighted by molar-refractivity contribution is 6.00. The normalized spacial score (nSPS) is 19.4. The van der Waals surface area contributed by atoms with Gasteiger partial charge >= 0.3 is 5.97 Å². The molecular weight excluding hydrogens is 234 g/mol. The van der Waals surface area contributed by atoms with Crippen molar-refractivity contribution in [3.05, 3.63) is 23.8 Å². The molecule has 1 aliphatic rings. The molecule has 1 saturated heterocycles. The van der Waals surface area contributed by atoms with Crippen LogP contribution in [0.1, 0.15) is 23.2 Å². The number of aromatic nitrogens is 3. The van der Waals surface area contributed by atoms with Crippen molar-refractivity contribution in [3.8, 4) is 0 Å². The molecular formula is C12H13N3O3. The number of carbonyl (C=O) groups is 1. The van der Waals surface area contributed by atoms with Crippen LogP contribution in [0, 0.1) is 0 Å². The molecule has 0 bridgehead atoms. The SMILES string of the molecule is O=C(O)c1cccc2c1nnn2CC1CCCO1. The van der Waals surface area contributed by atoms with Gasteiger partial charge in [0.25, 0.3) is 0 Å². The maximum atomic E-state index is 11.1. The maximum absolute atomic E-state index is 11.1. The summed E-state index contributed by atoms with van der Waals surface area (Å²) >= 11 is 0. The highest BCUT2D eigenvalue weighted by Gasteiger charge is 2.19. The molecule has 1 aliphatic heterocycles. The molecule has 1 N–H and O–H groups in total. The van der Waals surface area contributed by atoms with Gasteiger partial charge in [-0.25, -0.2) is 9.48 Å². The van der Waals surface area contributed by atoms with Gasteiger partial charge in [-0.3, -0.25) is 0 Å². The van der Waals surface area contributed by atoms with Gasteiger partial charge in [-0.05, 0) is 25.0 Å². The summed E-state index contributed by atoms with van der Waals surface area (Å²) in [5.41, 5.74) is 1.36. The van der Waals surface area contributed by atoms with Gasteiger partial charge in [-0.1, -0.05) is 11.3 Å². The predicted molar refractivity (Wildman–Crippen MR) is 63.5 cm³/mol. The van der Waals surface area contributed by atoms with E-state index in [2.05, 4.69) is 10.3 Å². The Bertz CT molecular complexity index is 587. The monoisotopic (exact) mass is 247 g/mol. The zero-order chi connectivity index (χ0) is 12.5. The third kappa shape index (κ3) is 1.84. The summed E-state index contributed by atoms with van der Waals surface area (Å²) in [6.45, 7) is 1.41. The second-order valence-corrected chi connectivity index (χ2v) is 4.39. The van der Waals surface area contributed by atoms with Crippen molar-refractivity contribution in [1.29, 1.82) is 0 Å². The van der Waals surface area contributed by atoms with Gasteiger partial charge in [0.15, 0.2) is 0 Å². The van der Waals surface area contributed by atoms with E-state index in [0.29, 0.717) is 12.1 Å². The average molecular weight is 247 g/mol. The largest absolute Gasteiger partial charge is 0.478 e. The fourth-order valence-corrected chi connectivity index (χ4v) is 2.28. The molecule has 0 saturated carbocycles. The summed E-state index contributed by atoms with van der Waals surface area (Å²) in [5.74, 6) is -0.982. The van der Waals surface area contributed by atoms with Crippen LogP contribution in [-0.2, 0) is 11.3 Å². The molecule has 0 spiro atoms. The molecule has 1 fully saturated rings. The first-order valence-corrected chi connectivity index (χ1v) is 5.93. The molecule has 3 rings (SSSR count). The average Bonchev–Trinajstić information content (AvgIpc) is 2.99. The molecule has 2 aromatic rings. The van der Waals surface area contributed by atoms with Crippen LogP contribution in [0.15, 0.2) is 18.2 Å². The lowest BCUT2D eigenvalue weighted by Gasteiger charge is -2.09.